The van der Waals surface area contributed by atoms with E-state index in [0.717, 1.165) is 15.8 Å². The lowest BCUT2D eigenvalue weighted by Gasteiger charge is -2.07. The van der Waals surface area contributed by atoms with Gasteiger partial charge in [-0.25, -0.2) is 0 Å². The predicted octanol–water partition coefficient (Wildman–Crippen LogP) is 4.65. The quantitative estimate of drug-likeness (QED) is 0.761. The zero-order valence-electron chi connectivity index (χ0n) is 10.5. The number of aryl methyl sites for hydroxylation is 1. The molecule has 0 saturated carbocycles. The van der Waals surface area contributed by atoms with Crippen LogP contribution in [0.4, 0.5) is 0 Å². The fourth-order valence-electron chi connectivity index (χ4n) is 1.82. The Labute approximate surface area is 125 Å². The van der Waals surface area contributed by atoms with Crippen LogP contribution >= 0.6 is 27.5 Å². The highest BCUT2D eigenvalue weighted by atomic mass is 79.9. The molecular weight excluding hydrogens is 328 g/mol. The first-order valence-corrected chi connectivity index (χ1v) is 6.84. The van der Waals surface area contributed by atoms with Crippen molar-refractivity contribution in [3.8, 4) is 5.75 Å². The molecule has 0 bridgehead atoms. The zero-order valence-corrected chi connectivity index (χ0v) is 12.9. The first-order valence-electron chi connectivity index (χ1n) is 5.67. The number of methoxy groups -OCH3 is 1. The van der Waals surface area contributed by atoms with Gasteiger partial charge in [0.25, 0.3) is 0 Å². The molecule has 0 amide bonds. The molecule has 0 aliphatic rings. The molecule has 0 unspecified atom stereocenters. The van der Waals surface area contributed by atoms with Gasteiger partial charge in [0.2, 0.25) is 0 Å². The minimum absolute atomic E-state index is 0.0554. The molecule has 4 heteroatoms. The topological polar surface area (TPSA) is 26.3 Å². The number of halogens is 2. The lowest BCUT2D eigenvalue weighted by atomic mass is 10.0. The summed E-state index contributed by atoms with van der Waals surface area (Å²) in [6, 6.07) is 10.5. The zero-order chi connectivity index (χ0) is 14.0. The molecular formula is C15H12BrClO2. The molecule has 0 N–H and O–H groups in total. The van der Waals surface area contributed by atoms with Gasteiger partial charge in [0.1, 0.15) is 5.75 Å². The first kappa shape index (κ1) is 14.1. The molecule has 0 aromatic heterocycles. The van der Waals surface area contributed by atoms with Crippen molar-refractivity contribution in [1.82, 2.24) is 0 Å². The van der Waals surface area contributed by atoms with E-state index in [4.69, 9.17) is 16.3 Å². The second-order valence-electron chi connectivity index (χ2n) is 4.14. The van der Waals surface area contributed by atoms with Crippen molar-refractivity contribution in [3.05, 3.63) is 62.6 Å². The van der Waals surface area contributed by atoms with Crippen LogP contribution in [-0.2, 0) is 0 Å². The first-order chi connectivity index (χ1) is 9.02. The maximum atomic E-state index is 12.3. The Bertz CT molecular complexity index is 638. The van der Waals surface area contributed by atoms with Crippen LogP contribution in [0.5, 0.6) is 5.75 Å². The standard InChI is InChI=1S/C15H12BrClO2/c1-9-7-10(4-6-14(9)19-2)15(18)11-3-5-12(16)13(17)8-11/h3-8H,1-2H3. The van der Waals surface area contributed by atoms with Gasteiger partial charge in [-0.2, -0.15) is 0 Å². The van der Waals surface area contributed by atoms with Gasteiger partial charge in [-0.3, -0.25) is 4.79 Å². The minimum Gasteiger partial charge on any atom is -0.496 e. The van der Waals surface area contributed by atoms with Crippen molar-refractivity contribution < 1.29 is 9.53 Å². The van der Waals surface area contributed by atoms with E-state index in [1.807, 2.05) is 13.0 Å². The Hall–Kier alpha value is -1.32. The van der Waals surface area contributed by atoms with Crippen LogP contribution in [0.15, 0.2) is 40.9 Å². The van der Waals surface area contributed by atoms with E-state index in [1.54, 1.807) is 37.4 Å². The van der Waals surface area contributed by atoms with E-state index in [2.05, 4.69) is 15.9 Å². The summed E-state index contributed by atoms with van der Waals surface area (Å²) in [6.07, 6.45) is 0. The largest absolute Gasteiger partial charge is 0.496 e. The second-order valence-corrected chi connectivity index (χ2v) is 5.40. The molecule has 0 heterocycles. The lowest BCUT2D eigenvalue weighted by molar-refractivity contribution is 0.103. The summed E-state index contributed by atoms with van der Waals surface area (Å²) in [6.45, 7) is 1.91. The third-order valence-corrected chi connectivity index (χ3v) is 4.07. The minimum atomic E-state index is -0.0554. The number of ether oxygens (including phenoxy) is 1. The van der Waals surface area contributed by atoms with E-state index in [-0.39, 0.29) is 5.78 Å². The summed E-state index contributed by atoms with van der Waals surface area (Å²) >= 11 is 9.31. The number of ketones is 1. The van der Waals surface area contributed by atoms with Crippen molar-refractivity contribution >= 4 is 33.3 Å². The third-order valence-electron chi connectivity index (χ3n) is 2.84. The van der Waals surface area contributed by atoms with Gasteiger partial charge in [0.15, 0.2) is 5.78 Å². The molecule has 0 aliphatic carbocycles. The van der Waals surface area contributed by atoms with Crippen LogP contribution in [0, 0.1) is 6.92 Å². The van der Waals surface area contributed by atoms with Gasteiger partial charge >= 0.3 is 0 Å². The van der Waals surface area contributed by atoms with E-state index >= 15 is 0 Å². The van der Waals surface area contributed by atoms with E-state index in [1.165, 1.54) is 0 Å². The molecule has 2 nitrogen and oxygen atoms in total. The molecule has 0 radical (unpaired) electrons. The highest BCUT2D eigenvalue weighted by molar-refractivity contribution is 9.10. The average Bonchev–Trinajstić information content (AvgIpc) is 2.41. The molecule has 0 aliphatic heterocycles. The second kappa shape index (κ2) is 5.76. The SMILES string of the molecule is COc1ccc(C(=O)c2ccc(Br)c(Cl)c2)cc1C. The highest BCUT2D eigenvalue weighted by Crippen LogP contribution is 2.25. The molecule has 2 aromatic rings. The normalized spacial score (nSPS) is 10.3. The van der Waals surface area contributed by atoms with Crippen LogP contribution in [0.1, 0.15) is 21.5 Å². The monoisotopic (exact) mass is 338 g/mol. The summed E-state index contributed by atoms with van der Waals surface area (Å²) in [5.74, 6) is 0.713. The number of carbonyl (C=O) groups excluding carboxylic acids is 1. The van der Waals surface area contributed by atoms with Gasteiger partial charge in [-0.1, -0.05) is 11.6 Å². The molecule has 98 valence electrons. The Kier molecular flexibility index (Phi) is 4.27. The Morgan fingerprint density at radius 3 is 2.37 bits per heavy atom. The molecule has 2 rings (SSSR count). The number of hydrogen-bond donors (Lipinski definition) is 0. The van der Waals surface area contributed by atoms with Crippen molar-refractivity contribution in [3.63, 3.8) is 0 Å². The maximum Gasteiger partial charge on any atom is 0.193 e. The summed E-state index contributed by atoms with van der Waals surface area (Å²) in [5.41, 5.74) is 2.12. The van der Waals surface area contributed by atoms with Gasteiger partial charge < -0.3 is 4.74 Å². The van der Waals surface area contributed by atoms with Crippen molar-refractivity contribution in [2.45, 2.75) is 6.92 Å². The number of rotatable bonds is 3. The van der Waals surface area contributed by atoms with Crippen LogP contribution in [0.25, 0.3) is 0 Å². The van der Waals surface area contributed by atoms with E-state index < -0.39 is 0 Å². The molecule has 0 fully saturated rings. The van der Waals surface area contributed by atoms with Crippen LogP contribution in [-0.4, -0.2) is 12.9 Å². The lowest BCUT2D eigenvalue weighted by Crippen LogP contribution is -2.02. The summed E-state index contributed by atoms with van der Waals surface area (Å²) in [7, 11) is 1.61. The highest BCUT2D eigenvalue weighted by Gasteiger charge is 2.12. The summed E-state index contributed by atoms with van der Waals surface area (Å²) in [4.78, 5) is 12.3. The van der Waals surface area contributed by atoms with Gasteiger partial charge in [-0.15, -0.1) is 0 Å². The van der Waals surface area contributed by atoms with Crippen molar-refractivity contribution in [2.24, 2.45) is 0 Å². The number of carbonyl (C=O) groups is 1. The average molecular weight is 340 g/mol. The molecule has 19 heavy (non-hydrogen) atoms. The van der Waals surface area contributed by atoms with Crippen LogP contribution in [0.2, 0.25) is 5.02 Å². The van der Waals surface area contributed by atoms with Gasteiger partial charge in [-0.05, 0) is 64.8 Å². The van der Waals surface area contributed by atoms with E-state index in [9.17, 15) is 4.79 Å². The fourth-order valence-corrected chi connectivity index (χ4v) is 2.25. The van der Waals surface area contributed by atoms with Crippen molar-refractivity contribution in [1.29, 1.82) is 0 Å². The number of benzene rings is 2. The molecule has 2 aromatic carbocycles. The third kappa shape index (κ3) is 2.99. The van der Waals surface area contributed by atoms with Crippen LogP contribution in [0.3, 0.4) is 0 Å². The Balaban J connectivity index is 2.38. The van der Waals surface area contributed by atoms with Crippen molar-refractivity contribution in [2.75, 3.05) is 7.11 Å². The van der Waals surface area contributed by atoms with E-state index in [0.29, 0.717) is 16.1 Å². The summed E-state index contributed by atoms with van der Waals surface area (Å²) < 4.78 is 5.96. The number of hydrogen-bond acceptors (Lipinski definition) is 2. The smallest absolute Gasteiger partial charge is 0.193 e. The molecule has 0 spiro atoms. The fraction of sp³-hybridized carbons (Fsp3) is 0.133. The molecule has 0 saturated heterocycles. The molecule has 0 atom stereocenters. The maximum absolute atomic E-state index is 12.3. The Morgan fingerprint density at radius 1 is 1.16 bits per heavy atom. The Morgan fingerprint density at radius 2 is 1.79 bits per heavy atom. The van der Waals surface area contributed by atoms with Crippen LogP contribution < -0.4 is 4.74 Å². The summed E-state index contributed by atoms with van der Waals surface area (Å²) in [5, 5.41) is 0.524. The van der Waals surface area contributed by atoms with Gasteiger partial charge in [0.05, 0.1) is 12.1 Å². The predicted molar refractivity (Wildman–Crippen MR) is 80.3 cm³/mol. The van der Waals surface area contributed by atoms with Gasteiger partial charge in [0, 0.05) is 15.6 Å².